The first kappa shape index (κ1) is 14.4. The highest BCUT2D eigenvalue weighted by Crippen LogP contribution is 2.20. The van der Waals surface area contributed by atoms with E-state index in [0.717, 1.165) is 22.5 Å². The van der Waals surface area contributed by atoms with E-state index in [1.165, 1.54) is 10.5 Å². The number of anilines is 1. The van der Waals surface area contributed by atoms with E-state index in [4.69, 9.17) is 0 Å². The number of hydrogen-bond acceptors (Lipinski definition) is 3. The van der Waals surface area contributed by atoms with Crippen molar-refractivity contribution in [2.75, 3.05) is 18.2 Å². The minimum Gasteiger partial charge on any atom is -0.355 e. The average molecular weight is 337 g/mol. The summed E-state index contributed by atoms with van der Waals surface area (Å²) in [7, 11) is 2.07. The Labute approximate surface area is 127 Å². The molecule has 1 aromatic carbocycles. The molecule has 0 fully saturated rings. The van der Waals surface area contributed by atoms with Gasteiger partial charge >= 0.3 is 0 Å². The van der Waals surface area contributed by atoms with Crippen molar-refractivity contribution < 1.29 is 0 Å². The van der Waals surface area contributed by atoms with E-state index >= 15 is 0 Å². The van der Waals surface area contributed by atoms with Crippen LogP contribution in [-0.2, 0) is 6.54 Å². The van der Waals surface area contributed by atoms with Gasteiger partial charge in [0.25, 0.3) is 0 Å². The lowest BCUT2D eigenvalue weighted by Gasteiger charge is -2.19. The summed E-state index contributed by atoms with van der Waals surface area (Å²) < 4.78 is 1.05. The van der Waals surface area contributed by atoms with Crippen LogP contribution in [0.25, 0.3) is 0 Å². The lowest BCUT2D eigenvalue weighted by Crippen LogP contribution is -2.17. The first-order valence-corrected chi connectivity index (χ1v) is 8.09. The smallest absolute Gasteiger partial charge is 0.128 e. The Morgan fingerprint density at radius 3 is 2.42 bits per heavy atom. The molecule has 2 rings (SSSR count). The Hall–Kier alpha value is -1.00. The van der Waals surface area contributed by atoms with Crippen molar-refractivity contribution in [1.29, 1.82) is 0 Å². The Morgan fingerprint density at radius 2 is 1.84 bits per heavy atom. The van der Waals surface area contributed by atoms with Gasteiger partial charge in [-0.2, -0.15) is 0 Å². The van der Waals surface area contributed by atoms with Crippen LogP contribution in [0.1, 0.15) is 11.3 Å². The molecule has 19 heavy (non-hydrogen) atoms. The summed E-state index contributed by atoms with van der Waals surface area (Å²) in [5.41, 5.74) is 2.31. The zero-order valence-electron chi connectivity index (χ0n) is 11.4. The number of benzene rings is 1. The molecule has 0 saturated heterocycles. The Kier molecular flexibility index (Phi) is 4.88. The molecule has 0 unspecified atom stereocenters. The Balaban J connectivity index is 2.10. The molecule has 2 aromatic rings. The quantitative estimate of drug-likeness (QED) is 0.764. The third-order valence-electron chi connectivity index (χ3n) is 2.98. The van der Waals surface area contributed by atoms with Gasteiger partial charge in [0, 0.05) is 23.0 Å². The highest BCUT2D eigenvalue weighted by Gasteiger charge is 2.05. The van der Waals surface area contributed by atoms with Gasteiger partial charge in [0.15, 0.2) is 0 Å². The normalized spacial score (nSPS) is 10.5. The fourth-order valence-electron chi connectivity index (χ4n) is 1.83. The van der Waals surface area contributed by atoms with E-state index in [0.29, 0.717) is 0 Å². The largest absolute Gasteiger partial charge is 0.355 e. The van der Waals surface area contributed by atoms with Gasteiger partial charge in [-0.25, -0.2) is 4.98 Å². The molecule has 4 heteroatoms. The maximum atomic E-state index is 4.58. The highest BCUT2D eigenvalue weighted by atomic mass is 79.9. The summed E-state index contributed by atoms with van der Waals surface area (Å²) in [6.45, 7) is 2.87. The molecule has 0 N–H and O–H groups in total. The van der Waals surface area contributed by atoms with E-state index in [1.54, 1.807) is 11.8 Å². The van der Waals surface area contributed by atoms with Gasteiger partial charge in [-0.15, -0.1) is 11.8 Å². The molecule has 0 spiro atoms. The zero-order valence-corrected chi connectivity index (χ0v) is 13.8. The molecule has 0 radical (unpaired) electrons. The maximum absolute atomic E-state index is 4.58. The van der Waals surface area contributed by atoms with Crippen LogP contribution in [0.15, 0.2) is 45.8 Å². The molecule has 100 valence electrons. The molecule has 0 bridgehead atoms. The second-order valence-corrected chi connectivity index (χ2v) is 6.17. The molecule has 2 nitrogen and oxygen atoms in total. The summed E-state index contributed by atoms with van der Waals surface area (Å²) in [5, 5.41) is 0. The first-order valence-electron chi connectivity index (χ1n) is 6.07. The first-order chi connectivity index (χ1) is 9.10. The van der Waals surface area contributed by atoms with E-state index in [2.05, 4.69) is 63.4 Å². The van der Waals surface area contributed by atoms with Crippen LogP contribution in [0.5, 0.6) is 0 Å². The molecule has 1 heterocycles. The van der Waals surface area contributed by atoms with Crippen LogP contribution in [0.2, 0.25) is 0 Å². The standard InChI is InChI=1S/C15H17BrN2S/c1-11-14(16)8-9-15(17-11)18(2)10-12-4-6-13(19-3)7-5-12/h4-9H,10H2,1-3H3. The average Bonchev–Trinajstić information content (AvgIpc) is 2.42. The van der Waals surface area contributed by atoms with Crippen LogP contribution in [0, 0.1) is 6.92 Å². The second-order valence-electron chi connectivity index (χ2n) is 4.44. The molecule has 1 aromatic heterocycles. The topological polar surface area (TPSA) is 16.1 Å². The van der Waals surface area contributed by atoms with Crippen molar-refractivity contribution in [3.63, 3.8) is 0 Å². The van der Waals surface area contributed by atoms with Gasteiger partial charge in [0.05, 0.1) is 5.69 Å². The Morgan fingerprint density at radius 1 is 1.16 bits per heavy atom. The third-order valence-corrected chi connectivity index (χ3v) is 4.56. The fourth-order valence-corrected chi connectivity index (χ4v) is 2.46. The van der Waals surface area contributed by atoms with Crippen molar-refractivity contribution in [3.8, 4) is 0 Å². The van der Waals surface area contributed by atoms with Gasteiger partial charge in [0.2, 0.25) is 0 Å². The van der Waals surface area contributed by atoms with Crippen LogP contribution in [-0.4, -0.2) is 18.3 Å². The van der Waals surface area contributed by atoms with Gasteiger partial charge in [-0.3, -0.25) is 0 Å². The molecule has 0 aliphatic heterocycles. The van der Waals surface area contributed by atoms with Crippen LogP contribution in [0.4, 0.5) is 5.82 Å². The van der Waals surface area contributed by atoms with Crippen molar-refractivity contribution in [2.24, 2.45) is 0 Å². The Bertz CT molecular complexity index is 555. The molecule has 0 aliphatic carbocycles. The number of pyridine rings is 1. The van der Waals surface area contributed by atoms with Crippen LogP contribution in [0.3, 0.4) is 0 Å². The van der Waals surface area contributed by atoms with E-state index < -0.39 is 0 Å². The summed E-state index contributed by atoms with van der Waals surface area (Å²) in [6, 6.07) is 12.8. The molecule has 0 saturated carbocycles. The number of aromatic nitrogens is 1. The summed E-state index contributed by atoms with van der Waals surface area (Å²) >= 11 is 5.24. The van der Waals surface area contributed by atoms with Crippen LogP contribution >= 0.6 is 27.7 Å². The van der Waals surface area contributed by atoms with Gasteiger partial charge in [-0.05, 0) is 58.9 Å². The zero-order chi connectivity index (χ0) is 13.8. The van der Waals surface area contributed by atoms with Crippen molar-refractivity contribution in [2.45, 2.75) is 18.4 Å². The van der Waals surface area contributed by atoms with Gasteiger partial charge in [-0.1, -0.05) is 12.1 Å². The molecule has 0 atom stereocenters. The summed E-state index contributed by atoms with van der Waals surface area (Å²) in [4.78, 5) is 8.03. The number of thioether (sulfide) groups is 1. The monoisotopic (exact) mass is 336 g/mol. The third kappa shape index (κ3) is 3.74. The van der Waals surface area contributed by atoms with E-state index in [-0.39, 0.29) is 0 Å². The highest BCUT2D eigenvalue weighted by molar-refractivity contribution is 9.10. The summed E-state index contributed by atoms with van der Waals surface area (Å²) in [5.74, 6) is 0.995. The lowest BCUT2D eigenvalue weighted by molar-refractivity contribution is 0.890. The maximum Gasteiger partial charge on any atom is 0.128 e. The number of halogens is 1. The molecule has 0 amide bonds. The number of hydrogen-bond donors (Lipinski definition) is 0. The van der Waals surface area contributed by atoms with Crippen LogP contribution < -0.4 is 4.90 Å². The van der Waals surface area contributed by atoms with Crippen molar-refractivity contribution in [1.82, 2.24) is 4.98 Å². The van der Waals surface area contributed by atoms with E-state index in [1.807, 2.05) is 19.1 Å². The van der Waals surface area contributed by atoms with Gasteiger partial charge in [0.1, 0.15) is 5.82 Å². The number of rotatable bonds is 4. The predicted molar refractivity (Wildman–Crippen MR) is 87.0 cm³/mol. The molecule has 0 aliphatic rings. The lowest BCUT2D eigenvalue weighted by atomic mass is 10.2. The molecular weight excluding hydrogens is 320 g/mol. The van der Waals surface area contributed by atoms with Gasteiger partial charge < -0.3 is 4.90 Å². The van der Waals surface area contributed by atoms with Crippen molar-refractivity contribution >= 4 is 33.5 Å². The number of aryl methyl sites for hydroxylation is 1. The SMILES string of the molecule is CSc1ccc(CN(C)c2ccc(Br)c(C)n2)cc1. The fraction of sp³-hybridized carbons (Fsp3) is 0.267. The molecular formula is C15H17BrN2S. The van der Waals surface area contributed by atoms with Crippen molar-refractivity contribution in [3.05, 3.63) is 52.1 Å². The van der Waals surface area contributed by atoms with E-state index in [9.17, 15) is 0 Å². The second kappa shape index (κ2) is 6.44. The minimum atomic E-state index is 0.864. The minimum absolute atomic E-state index is 0.864. The summed E-state index contributed by atoms with van der Waals surface area (Å²) in [6.07, 6.45) is 2.09. The predicted octanol–water partition coefficient (Wildman–Crippen LogP) is 4.51. The number of nitrogens with zero attached hydrogens (tertiary/aromatic N) is 2.